The predicted octanol–water partition coefficient (Wildman–Crippen LogP) is 0.615. The molecule has 1 aromatic heterocycles. The van der Waals surface area contributed by atoms with Gasteiger partial charge in [-0.05, 0) is 17.7 Å². The Kier molecular flexibility index (Phi) is 2.79. The minimum absolute atomic E-state index is 0.0730. The fourth-order valence-corrected chi connectivity index (χ4v) is 2.11. The molecule has 0 saturated heterocycles. The monoisotopic (exact) mass is 261 g/mol. The predicted molar refractivity (Wildman–Crippen MR) is 69.2 cm³/mol. The Hall–Kier alpha value is -2.21. The van der Waals surface area contributed by atoms with Crippen molar-refractivity contribution in [1.29, 1.82) is 0 Å². The number of ether oxygens (including phenoxy) is 2. The number of rotatable bonds is 3. The number of nitrogens with zero attached hydrogens (tertiary/aromatic N) is 2. The lowest BCUT2D eigenvalue weighted by atomic mass is 10.1. The van der Waals surface area contributed by atoms with Crippen molar-refractivity contribution in [3.05, 3.63) is 46.6 Å². The Labute approximate surface area is 110 Å². The number of aryl methyl sites for hydroxylation is 1. The molecule has 0 radical (unpaired) electrons. The molecule has 2 aromatic rings. The smallest absolute Gasteiger partial charge is 0.327 e. The van der Waals surface area contributed by atoms with E-state index in [1.165, 1.54) is 4.57 Å². The third-order valence-electron chi connectivity index (χ3n) is 3.24. The van der Waals surface area contributed by atoms with Crippen molar-refractivity contribution in [2.45, 2.75) is 12.6 Å². The zero-order valence-corrected chi connectivity index (χ0v) is 10.6. The lowest BCUT2D eigenvalue weighted by Gasteiger charge is -2.12. The average molecular weight is 261 g/mol. The van der Waals surface area contributed by atoms with Gasteiger partial charge >= 0.3 is 5.69 Å². The van der Waals surface area contributed by atoms with Crippen molar-refractivity contribution in [3.8, 4) is 11.5 Å². The summed E-state index contributed by atoms with van der Waals surface area (Å²) < 4.78 is 13.7. The number of hydrogen-bond donors (Lipinski definition) is 1. The van der Waals surface area contributed by atoms with Crippen molar-refractivity contribution in [2.24, 2.45) is 12.8 Å². The topological polar surface area (TPSA) is 71.4 Å². The van der Waals surface area contributed by atoms with Crippen LogP contribution in [0.5, 0.6) is 11.5 Å². The highest BCUT2D eigenvalue weighted by Crippen LogP contribution is 2.33. The molecule has 100 valence electrons. The van der Waals surface area contributed by atoms with Gasteiger partial charge in [-0.15, -0.1) is 0 Å². The van der Waals surface area contributed by atoms with Crippen LogP contribution >= 0.6 is 0 Å². The SMILES string of the molecule is Cn1ccn(CC(N)c2ccc3c(c2)OCO3)c1=O. The van der Waals surface area contributed by atoms with E-state index in [1.807, 2.05) is 18.2 Å². The molecular formula is C13H15N3O3. The van der Waals surface area contributed by atoms with Crippen LogP contribution in [0.3, 0.4) is 0 Å². The number of fused-ring (bicyclic) bond motifs is 1. The minimum Gasteiger partial charge on any atom is -0.454 e. The van der Waals surface area contributed by atoms with Crippen LogP contribution in [0.4, 0.5) is 0 Å². The van der Waals surface area contributed by atoms with Crippen LogP contribution in [0.15, 0.2) is 35.4 Å². The fourth-order valence-electron chi connectivity index (χ4n) is 2.11. The van der Waals surface area contributed by atoms with E-state index in [0.29, 0.717) is 12.3 Å². The molecule has 0 aliphatic carbocycles. The Morgan fingerprint density at radius 1 is 1.32 bits per heavy atom. The van der Waals surface area contributed by atoms with Crippen LogP contribution in [0.1, 0.15) is 11.6 Å². The number of imidazole rings is 1. The van der Waals surface area contributed by atoms with Gasteiger partial charge in [0.15, 0.2) is 11.5 Å². The van der Waals surface area contributed by atoms with E-state index in [0.717, 1.165) is 11.3 Å². The van der Waals surface area contributed by atoms with Crippen LogP contribution in [-0.2, 0) is 13.6 Å². The maximum atomic E-state index is 11.7. The first-order valence-electron chi connectivity index (χ1n) is 6.02. The standard InChI is InChI=1S/C13H15N3O3/c1-15-4-5-16(13(15)17)7-10(14)9-2-3-11-12(6-9)19-8-18-11/h2-6,10H,7-8,14H2,1H3. The molecule has 6 heteroatoms. The first-order chi connectivity index (χ1) is 9.15. The van der Waals surface area contributed by atoms with E-state index < -0.39 is 0 Å². The summed E-state index contributed by atoms with van der Waals surface area (Å²) in [6.07, 6.45) is 3.45. The van der Waals surface area contributed by atoms with E-state index in [2.05, 4.69) is 0 Å². The summed E-state index contributed by atoms with van der Waals surface area (Å²) in [5.74, 6) is 1.43. The van der Waals surface area contributed by atoms with Gasteiger partial charge in [-0.3, -0.25) is 4.57 Å². The van der Waals surface area contributed by atoms with E-state index in [4.69, 9.17) is 15.2 Å². The van der Waals surface area contributed by atoms with Gasteiger partial charge in [0.05, 0.1) is 0 Å². The second-order valence-corrected chi connectivity index (χ2v) is 4.56. The maximum absolute atomic E-state index is 11.7. The highest BCUT2D eigenvalue weighted by molar-refractivity contribution is 5.45. The van der Waals surface area contributed by atoms with E-state index in [-0.39, 0.29) is 18.5 Å². The van der Waals surface area contributed by atoms with Crippen LogP contribution in [0.2, 0.25) is 0 Å². The quantitative estimate of drug-likeness (QED) is 0.879. The molecule has 1 atom stereocenters. The minimum atomic E-state index is -0.269. The molecule has 0 saturated carbocycles. The molecular weight excluding hydrogens is 246 g/mol. The molecule has 2 N–H and O–H groups in total. The average Bonchev–Trinajstić information content (AvgIpc) is 2.99. The van der Waals surface area contributed by atoms with Crippen LogP contribution in [0.25, 0.3) is 0 Å². The van der Waals surface area contributed by atoms with Crippen molar-refractivity contribution in [1.82, 2.24) is 9.13 Å². The Morgan fingerprint density at radius 3 is 2.84 bits per heavy atom. The number of hydrogen-bond acceptors (Lipinski definition) is 4. The molecule has 0 bridgehead atoms. The zero-order valence-electron chi connectivity index (χ0n) is 10.6. The number of aromatic nitrogens is 2. The van der Waals surface area contributed by atoms with Gasteiger partial charge in [0.2, 0.25) is 6.79 Å². The first kappa shape index (κ1) is 11.9. The molecule has 1 aliphatic rings. The van der Waals surface area contributed by atoms with Gasteiger partial charge in [0.25, 0.3) is 0 Å². The molecule has 0 spiro atoms. The molecule has 1 aliphatic heterocycles. The third kappa shape index (κ3) is 2.10. The summed E-state index contributed by atoms with van der Waals surface area (Å²) >= 11 is 0. The molecule has 19 heavy (non-hydrogen) atoms. The molecule has 6 nitrogen and oxygen atoms in total. The summed E-state index contributed by atoms with van der Waals surface area (Å²) in [7, 11) is 1.71. The van der Waals surface area contributed by atoms with Gasteiger partial charge in [-0.25, -0.2) is 4.79 Å². The second kappa shape index (κ2) is 4.47. The molecule has 3 rings (SSSR count). The Balaban J connectivity index is 1.82. The van der Waals surface area contributed by atoms with Crippen molar-refractivity contribution < 1.29 is 9.47 Å². The Bertz CT molecular complexity index is 659. The van der Waals surface area contributed by atoms with Gasteiger partial charge in [-0.1, -0.05) is 6.07 Å². The van der Waals surface area contributed by atoms with E-state index >= 15 is 0 Å². The number of nitrogens with two attached hydrogens (primary N) is 1. The van der Waals surface area contributed by atoms with Crippen LogP contribution < -0.4 is 20.9 Å². The largest absolute Gasteiger partial charge is 0.454 e. The Morgan fingerprint density at radius 2 is 2.11 bits per heavy atom. The fraction of sp³-hybridized carbons (Fsp3) is 0.308. The highest BCUT2D eigenvalue weighted by atomic mass is 16.7. The van der Waals surface area contributed by atoms with Gasteiger partial charge in [-0.2, -0.15) is 0 Å². The van der Waals surface area contributed by atoms with Crippen molar-refractivity contribution >= 4 is 0 Å². The normalized spacial score (nSPS) is 14.6. The van der Waals surface area contributed by atoms with Gasteiger partial charge < -0.3 is 19.8 Å². The summed E-state index contributed by atoms with van der Waals surface area (Å²) in [4.78, 5) is 11.7. The first-order valence-corrected chi connectivity index (χ1v) is 6.02. The van der Waals surface area contributed by atoms with Crippen LogP contribution in [0, 0.1) is 0 Å². The molecule has 0 amide bonds. The summed E-state index contributed by atoms with van der Waals surface area (Å²) in [6, 6.07) is 5.33. The van der Waals surface area contributed by atoms with Gasteiger partial charge in [0.1, 0.15) is 0 Å². The lowest BCUT2D eigenvalue weighted by molar-refractivity contribution is 0.174. The molecule has 1 aromatic carbocycles. The summed E-state index contributed by atoms with van der Waals surface area (Å²) in [5, 5.41) is 0. The summed E-state index contributed by atoms with van der Waals surface area (Å²) in [6.45, 7) is 0.672. The molecule has 2 heterocycles. The van der Waals surface area contributed by atoms with Gasteiger partial charge in [0, 0.05) is 32.0 Å². The second-order valence-electron chi connectivity index (χ2n) is 4.56. The lowest BCUT2D eigenvalue weighted by Crippen LogP contribution is -2.27. The van der Waals surface area contributed by atoms with Crippen LogP contribution in [-0.4, -0.2) is 15.9 Å². The van der Waals surface area contributed by atoms with Crippen molar-refractivity contribution in [2.75, 3.05) is 6.79 Å². The third-order valence-corrected chi connectivity index (χ3v) is 3.24. The van der Waals surface area contributed by atoms with Crippen molar-refractivity contribution in [3.63, 3.8) is 0 Å². The maximum Gasteiger partial charge on any atom is 0.327 e. The van der Waals surface area contributed by atoms with E-state index in [9.17, 15) is 4.79 Å². The molecule has 1 unspecified atom stereocenters. The highest BCUT2D eigenvalue weighted by Gasteiger charge is 2.16. The van der Waals surface area contributed by atoms with E-state index in [1.54, 1.807) is 24.0 Å². The number of benzene rings is 1. The summed E-state index contributed by atoms with van der Waals surface area (Å²) in [5.41, 5.74) is 6.98. The molecule has 0 fully saturated rings. The zero-order chi connectivity index (χ0) is 13.4.